The molecule has 0 unspecified atom stereocenters. The number of amides is 1. The SMILES string of the molecule is CC(=O)Nc1cc2c3cccc4c(=O)n(CCN(C)C)c(=O)n(c2cc1C)c43. The molecule has 0 aliphatic carbocycles. The molecular weight excluding hydrogens is 356 g/mol. The predicted molar refractivity (Wildman–Crippen MR) is 112 cm³/mol. The van der Waals surface area contributed by atoms with Gasteiger partial charge in [-0.25, -0.2) is 4.79 Å². The number of benzene rings is 2. The molecule has 0 aliphatic rings. The molecule has 1 N–H and O–H groups in total. The number of fused-ring (bicyclic) bond motifs is 3. The molecule has 0 fully saturated rings. The highest BCUT2D eigenvalue weighted by molar-refractivity contribution is 6.14. The van der Waals surface area contributed by atoms with Gasteiger partial charge in [-0.15, -0.1) is 0 Å². The standard InChI is InChI=1S/C21H22N4O3/c1-12-10-18-16(11-17(12)22-13(2)26)14-6-5-7-15-19(14)25(18)21(28)24(20(15)27)9-8-23(3)4/h5-7,10-11H,8-9H2,1-4H3,(H,22,26). The van der Waals surface area contributed by atoms with Crippen LogP contribution in [0.2, 0.25) is 0 Å². The Morgan fingerprint density at radius 1 is 1.11 bits per heavy atom. The zero-order valence-corrected chi connectivity index (χ0v) is 16.4. The average Bonchev–Trinajstić information content (AvgIpc) is 2.93. The number of likely N-dealkylation sites (N-methyl/N-ethyl adjacent to an activating group) is 1. The van der Waals surface area contributed by atoms with Gasteiger partial charge in [-0.2, -0.15) is 0 Å². The molecule has 0 radical (unpaired) electrons. The minimum atomic E-state index is -0.336. The molecule has 28 heavy (non-hydrogen) atoms. The quantitative estimate of drug-likeness (QED) is 0.590. The molecule has 7 nitrogen and oxygen atoms in total. The van der Waals surface area contributed by atoms with E-state index in [0.717, 1.165) is 21.9 Å². The molecule has 1 amide bonds. The van der Waals surface area contributed by atoms with Crippen molar-refractivity contribution >= 4 is 38.8 Å². The fourth-order valence-corrected chi connectivity index (χ4v) is 3.76. The first kappa shape index (κ1) is 18.2. The van der Waals surface area contributed by atoms with E-state index >= 15 is 0 Å². The molecule has 4 aromatic rings. The maximum Gasteiger partial charge on any atom is 0.336 e. The van der Waals surface area contributed by atoms with Crippen molar-refractivity contribution in [2.24, 2.45) is 0 Å². The Morgan fingerprint density at radius 3 is 2.50 bits per heavy atom. The Kier molecular flexibility index (Phi) is 4.19. The Balaban J connectivity index is 2.14. The molecule has 7 heteroatoms. The van der Waals surface area contributed by atoms with Crippen LogP contribution in [0.5, 0.6) is 0 Å². The van der Waals surface area contributed by atoms with Crippen LogP contribution in [0, 0.1) is 6.92 Å². The van der Waals surface area contributed by atoms with Gasteiger partial charge >= 0.3 is 5.69 Å². The van der Waals surface area contributed by atoms with E-state index in [9.17, 15) is 14.4 Å². The smallest absolute Gasteiger partial charge is 0.326 e. The normalized spacial score (nSPS) is 11.9. The van der Waals surface area contributed by atoms with E-state index in [2.05, 4.69) is 5.32 Å². The summed E-state index contributed by atoms with van der Waals surface area (Å²) >= 11 is 0. The fraction of sp³-hybridized carbons (Fsp3) is 0.286. The second-order valence-corrected chi connectivity index (χ2v) is 7.45. The van der Waals surface area contributed by atoms with Crippen LogP contribution in [0.15, 0.2) is 39.9 Å². The highest BCUT2D eigenvalue weighted by atomic mass is 16.2. The van der Waals surface area contributed by atoms with Gasteiger partial charge in [0.25, 0.3) is 5.56 Å². The van der Waals surface area contributed by atoms with Crippen molar-refractivity contribution in [2.45, 2.75) is 20.4 Å². The molecule has 0 spiro atoms. The number of rotatable bonds is 4. The van der Waals surface area contributed by atoms with E-state index in [1.54, 1.807) is 10.5 Å². The summed E-state index contributed by atoms with van der Waals surface area (Å²) in [4.78, 5) is 39.7. The zero-order valence-electron chi connectivity index (χ0n) is 16.4. The molecule has 2 aromatic heterocycles. The number of carbonyl (C=O) groups is 1. The molecule has 0 atom stereocenters. The van der Waals surface area contributed by atoms with Gasteiger partial charge in [0, 0.05) is 36.5 Å². The van der Waals surface area contributed by atoms with Crippen LogP contribution < -0.4 is 16.6 Å². The van der Waals surface area contributed by atoms with Crippen LogP contribution in [-0.4, -0.2) is 40.4 Å². The maximum atomic E-state index is 13.3. The molecule has 144 valence electrons. The van der Waals surface area contributed by atoms with Crippen molar-refractivity contribution in [2.75, 3.05) is 26.0 Å². The predicted octanol–water partition coefficient (Wildman–Crippen LogP) is 2.03. The van der Waals surface area contributed by atoms with Crippen LogP contribution in [0.3, 0.4) is 0 Å². The summed E-state index contributed by atoms with van der Waals surface area (Å²) in [5, 5.41) is 5.01. The Morgan fingerprint density at radius 2 is 1.82 bits per heavy atom. The average molecular weight is 378 g/mol. The number of nitrogens with one attached hydrogen (secondary N) is 1. The number of para-hydroxylation sites is 1. The summed E-state index contributed by atoms with van der Waals surface area (Å²) in [6, 6.07) is 9.26. The van der Waals surface area contributed by atoms with Gasteiger partial charge in [0.2, 0.25) is 5.91 Å². The third kappa shape index (κ3) is 2.66. The van der Waals surface area contributed by atoms with Crippen molar-refractivity contribution in [3.63, 3.8) is 0 Å². The lowest BCUT2D eigenvalue weighted by atomic mass is 10.1. The highest BCUT2D eigenvalue weighted by Gasteiger charge is 2.19. The van der Waals surface area contributed by atoms with Gasteiger partial charge in [0.1, 0.15) is 0 Å². The van der Waals surface area contributed by atoms with Crippen LogP contribution in [0.25, 0.3) is 27.2 Å². The number of hydrogen-bond acceptors (Lipinski definition) is 4. The Hall–Kier alpha value is -3.19. The van der Waals surface area contributed by atoms with Gasteiger partial charge < -0.3 is 10.2 Å². The van der Waals surface area contributed by atoms with Crippen molar-refractivity contribution in [3.8, 4) is 0 Å². The van der Waals surface area contributed by atoms with Crippen LogP contribution in [0.4, 0.5) is 5.69 Å². The lowest BCUT2D eigenvalue weighted by molar-refractivity contribution is -0.114. The number of anilines is 1. The van der Waals surface area contributed by atoms with Crippen LogP contribution in [0.1, 0.15) is 12.5 Å². The van der Waals surface area contributed by atoms with Gasteiger partial charge in [-0.3, -0.25) is 18.6 Å². The molecular formula is C21H22N4O3. The molecule has 0 aliphatic heterocycles. The highest BCUT2D eigenvalue weighted by Crippen LogP contribution is 2.33. The first-order valence-corrected chi connectivity index (χ1v) is 9.16. The number of nitrogens with zero attached hydrogens (tertiary/aromatic N) is 3. The second kappa shape index (κ2) is 6.45. The molecule has 0 saturated heterocycles. The van der Waals surface area contributed by atoms with Crippen molar-refractivity contribution in [1.29, 1.82) is 0 Å². The maximum absolute atomic E-state index is 13.3. The molecule has 2 heterocycles. The van der Waals surface area contributed by atoms with E-state index in [0.29, 0.717) is 29.7 Å². The van der Waals surface area contributed by atoms with Gasteiger partial charge in [-0.05, 0) is 44.8 Å². The van der Waals surface area contributed by atoms with Crippen molar-refractivity contribution < 1.29 is 4.79 Å². The minimum absolute atomic E-state index is 0.155. The molecule has 0 bridgehead atoms. The van der Waals surface area contributed by atoms with Gasteiger partial charge in [0.05, 0.1) is 16.4 Å². The van der Waals surface area contributed by atoms with E-state index in [1.807, 2.05) is 50.2 Å². The molecule has 4 rings (SSSR count). The summed E-state index contributed by atoms with van der Waals surface area (Å²) in [6.07, 6.45) is 0. The van der Waals surface area contributed by atoms with E-state index < -0.39 is 0 Å². The second-order valence-electron chi connectivity index (χ2n) is 7.45. The van der Waals surface area contributed by atoms with Crippen molar-refractivity contribution in [3.05, 3.63) is 56.7 Å². The number of aromatic nitrogens is 2. The van der Waals surface area contributed by atoms with Crippen LogP contribution >= 0.6 is 0 Å². The summed E-state index contributed by atoms with van der Waals surface area (Å²) in [5.74, 6) is -0.155. The van der Waals surface area contributed by atoms with E-state index in [4.69, 9.17) is 0 Å². The van der Waals surface area contributed by atoms with Crippen LogP contribution in [-0.2, 0) is 11.3 Å². The number of aryl methyl sites for hydroxylation is 1. The first-order valence-electron chi connectivity index (χ1n) is 9.16. The van der Waals surface area contributed by atoms with Gasteiger partial charge in [-0.1, -0.05) is 12.1 Å². The zero-order chi connectivity index (χ0) is 20.2. The molecule has 0 saturated carbocycles. The van der Waals surface area contributed by atoms with E-state index in [-0.39, 0.29) is 17.2 Å². The van der Waals surface area contributed by atoms with Gasteiger partial charge in [0.15, 0.2) is 0 Å². The lowest BCUT2D eigenvalue weighted by Gasteiger charge is -2.12. The first-order chi connectivity index (χ1) is 13.3. The lowest BCUT2D eigenvalue weighted by Crippen LogP contribution is -2.39. The Labute approximate surface area is 161 Å². The van der Waals surface area contributed by atoms with E-state index in [1.165, 1.54) is 11.5 Å². The largest absolute Gasteiger partial charge is 0.336 e. The number of carbonyl (C=O) groups excluding carboxylic acids is 1. The Bertz CT molecular complexity index is 1350. The summed E-state index contributed by atoms with van der Waals surface area (Å²) in [5.41, 5.74) is 2.32. The fourth-order valence-electron chi connectivity index (χ4n) is 3.76. The summed E-state index contributed by atoms with van der Waals surface area (Å²) < 4.78 is 2.93. The minimum Gasteiger partial charge on any atom is -0.326 e. The number of hydrogen-bond donors (Lipinski definition) is 1. The topological polar surface area (TPSA) is 75.8 Å². The summed E-state index contributed by atoms with van der Waals surface area (Å²) in [7, 11) is 3.81. The van der Waals surface area contributed by atoms with Crippen molar-refractivity contribution in [1.82, 2.24) is 13.9 Å². The summed E-state index contributed by atoms with van der Waals surface area (Å²) in [6.45, 7) is 4.26. The molecule has 2 aromatic carbocycles. The monoisotopic (exact) mass is 378 g/mol. The third-order valence-electron chi connectivity index (χ3n) is 5.11. The third-order valence-corrected chi connectivity index (χ3v) is 5.11.